The van der Waals surface area contributed by atoms with Crippen LogP contribution in [-0.2, 0) is 14.4 Å². The van der Waals surface area contributed by atoms with Gasteiger partial charge >= 0.3 is 0 Å². The number of hydrogen-bond acceptors (Lipinski definition) is 4. The second kappa shape index (κ2) is 7.87. The number of amides is 3. The molecule has 30 heavy (non-hydrogen) atoms. The Hall–Kier alpha value is -3.87. The van der Waals surface area contributed by atoms with Crippen LogP contribution in [0.5, 0.6) is 0 Å². The molecule has 3 amide bonds. The number of likely N-dealkylation sites (N-methyl/N-ethyl adjacent to an activating group) is 2. The highest BCUT2D eigenvalue weighted by molar-refractivity contribution is 6.06. The maximum atomic E-state index is 13.1. The number of nitrogens with one attached hydrogen (secondary N) is 2. The Morgan fingerprint density at radius 1 is 1.13 bits per heavy atom. The molecule has 7 nitrogen and oxygen atoms in total. The fourth-order valence-corrected chi connectivity index (χ4v) is 4.00. The lowest BCUT2D eigenvalue weighted by molar-refractivity contribution is -0.124. The van der Waals surface area contributed by atoms with Gasteiger partial charge in [0.2, 0.25) is 6.41 Å². The Morgan fingerprint density at radius 2 is 1.77 bits per heavy atom. The third kappa shape index (κ3) is 3.14. The van der Waals surface area contributed by atoms with E-state index in [1.807, 2.05) is 48.5 Å². The number of dihydropyridines is 1. The number of anilines is 1. The molecule has 2 aromatic rings. The molecule has 0 aromatic heterocycles. The van der Waals surface area contributed by atoms with Crippen molar-refractivity contribution in [2.24, 2.45) is 0 Å². The molecule has 2 N–H and O–H groups in total. The molecule has 0 saturated carbocycles. The maximum Gasteiger partial charge on any atom is 0.252 e. The summed E-state index contributed by atoms with van der Waals surface area (Å²) >= 11 is 0. The fourth-order valence-electron chi connectivity index (χ4n) is 4.00. The van der Waals surface area contributed by atoms with Crippen molar-refractivity contribution < 1.29 is 14.4 Å². The van der Waals surface area contributed by atoms with E-state index in [4.69, 9.17) is 0 Å². The Balaban J connectivity index is 1.96. The lowest BCUT2D eigenvalue weighted by Crippen LogP contribution is -2.41. The van der Waals surface area contributed by atoms with E-state index in [-0.39, 0.29) is 11.8 Å². The zero-order valence-electron chi connectivity index (χ0n) is 16.8. The van der Waals surface area contributed by atoms with Crippen molar-refractivity contribution in [2.45, 2.75) is 5.92 Å². The topological polar surface area (TPSA) is 81.8 Å². The smallest absolute Gasteiger partial charge is 0.252 e. The van der Waals surface area contributed by atoms with Gasteiger partial charge in [-0.25, -0.2) is 0 Å². The van der Waals surface area contributed by atoms with Crippen molar-refractivity contribution in [1.29, 1.82) is 0 Å². The van der Waals surface area contributed by atoms with Gasteiger partial charge in [0, 0.05) is 19.8 Å². The molecule has 1 unspecified atom stereocenters. The zero-order chi connectivity index (χ0) is 21.3. The summed E-state index contributed by atoms with van der Waals surface area (Å²) in [6, 6.07) is 18.5. The van der Waals surface area contributed by atoms with Crippen LogP contribution < -0.4 is 15.5 Å². The summed E-state index contributed by atoms with van der Waals surface area (Å²) in [6.07, 6.45) is 0.675. The van der Waals surface area contributed by atoms with Crippen LogP contribution >= 0.6 is 0 Å². The zero-order valence-corrected chi connectivity index (χ0v) is 16.8. The van der Waals surface area contributed by atoms with Gasteiger partial charge < -0.3 is 15.5 Å². The van der Waals surface area contributed by atoms with E-state index in [0.717, 1.165) is 5.56 Å². The molecule has 1 atom stereocenters. The molecular weight excluding hydrogens is 380 g/mol. The number of para-hydroxylation sites is 1. The highest BCUT2D eigenvalue weighted by Crippen LogP contribution is 2.42. The second-order valence-electron chi connectivity index (χ2n) is 7.17. The van der Waals surface area contributed by atoms with Gasteiger partial charge in [-0.15, -0.1) is 0 Å². The normalized spacial score (nSPS) is 18.1. The first-order chi connectivity index (χ1) is 14.6. The summed E-state index contributed by atoms with van der Waals surface area (Å²) in [4.78, 5) is 41.2. The van der Waals surface area contributed by atoms with Crippen LogP contribution in [0.3, 0.4) is 0 Å². The molecule has 2 heterocycles. The van der Waals surface area contributed by atoms with Crippen molar-refractivity contribution in [3.8, 4) is 0 Å². The lowest BCUT2D eigenvalue weighted by atomic mass is 9.81. The van der Waals surface area contributed by atoms with E-state index in [2.05, 4.69) is 10.6 Å². The summed E-state index contributed by atoms with van der Waals surface area (Å²) < 4.78 is 0. The van der Waals surface area contributed by atoms with E-state index in [1.165, 1.54) is 11.9 Å². The van der Waals surface area contributed by atoms with Crippen molar-refractivity contribution in [3.05, 3.63) is 88.9 Å². The molecule has 0 saturated heterocycles. The van der Waals surface area contributed by atoms with E-state index in [1.54, 1.807) is 24.1 Å². The van der Waals surface area contributed by atoms with Crippen molar-refractivity contribution in [3.63, 3.8) is 0 Å². The van der Waals surface area contributed by atoms with Gasteiger partial charge in [0.1, 0.15) is 5.82 Å². The van der Waals surface area contributed by atoms with Crippen molar-refractivity contribution in [2.75, 3.05) is 25.5 Å². The van der Waals surface area contributed by atoms with Gasteiger partial charge in [-0.1, -0.05) is 48.5 Å². The molecule has 0 spiro atoms. The van der Waals surface area contributed by atoms with Crippen LogP contribution in [0.15, 0.2) is 83.3 Å². The van der Waals surface area contributed by atoms with E-state index < -0.39 is 5.92 Å². The van der Waals surface area contributed by atoms with Crippen molar-refractivity contribution in [1.82, 2.24) is 15.5 Å². The second-order valence-corrected chi connectivity index (χ2v) is 7.17. The van der Waals surface area contributed by atoms with Crippen LogP contribution in [0, 0.1) is 0 Å². The minimum Gasteiger partial charge on any atom is -0.355 e. The minimum atomic E-state index is -0.596. The van der Waals surface area contributed by atoms with Gasteiger partial charge in [0.25, 0.3) is 11.8 Å². The van der Waals surface area contributed by atoms with Gasteiger partial charge in [-0.2, -0.15) is 0 Å². The van der Waals surface area contributed by atoms with Crippen molar-refractivity contribution >= 4 is 23.9 Å². The molecule has 4 rings (SSSR count). The van der Waals surface area contributed by atoms with Crippen LogP contribution in [0.4, 0.5) is 5.69 Å². The molecular formula is C23H22N4O3. The Kier molecular flexibility index (Phi) is 5.10. The van der Waals surface area contributed by atoms with E-state index in [9.17, 15) is 14.4 Å². The minimum absolute atomic E-state index is 0.135. The van der Waals surface area contributed by atoms with Gasteiger partial charge in [-0.05, 0) is 17.7 Å². The van der Waals surface area contributed by atoms with Gasteiger partial charge in [-0.3, -0.25) is 19.3 Å². The molecule has 152 valence electrons. The molecule has 2 aromatic carbocycles. The number of benzene rings is 2. The highest BCUT2D eigenvalue weighted by Gasteiger charge is 2.43. The Labute approximate surface area is 174 Å². The standard InChI is InChI=1S/C23H22N4O3/c1-24-22(29)20-18(15-9-5-3-6-10-15)19-17(13-26(2)23(19)30)25-21(20)27(14-28)16-11-7-4-8-12-16/h3-12,14,18,25H,13H2,1-2H3,(H,24,29). The summed E-state index contributed by atoms with van der Waals surface area (Å²) in [5.74, 6) is -0.737. The summed E-state index contributed by atoms with van der Waals surface area (Å²) in [5.41, 5.74) is 2.98. The summed E-state index contributed by atoms with van der Waals surface area (Å²) in [7, 11) is 3.26. The average molecular weight is 402 g/mol. The predicted molar refractivity (Wildman–Crippen MR) is 113 cm³/mol. The quantitative estimate of drug-likeness (QED) is 0.747. The highest BCUT2D eigenvalue weighted by atomic mass is 16.2. The first-order valence-corrected chi connectivity index (χ1v) is 9.63. The SMILES string of the molecule is CNC(=O)C1=C(N(C=O)c2ccccc2)NC2=C(C(=O)N(C)C2)C1c1ccccc1. The van der Waals surface area contributed by atoms with Crippen LogP contribution in [0.1, 0.15) is 11.5 Å². The maximum absolute atomic E-state index is 13.1. The number of carbonyl (C=O) groups excluding carboxylic acids is 3. The van der Waals surface area contributed by atoms with E-state index in [0.29, 0.717) is 41.3 Å². The molecule has 0 bridgehead atoms. The Morgan fingerprint density at radius 3 is 2.37 bits per heavy atom. The van der Waals surface area contributed by atoms with Crippen LogP contribution in [0.2, 0.25) is 0 Å². The molecule has 0 aliphatic carbocycles. The van der Waals surface area contributed by atoms with Crippen LogP contribution in [0.25, 0.3) is 0 Å². The first kappa shape index (κ1) is 19.4. The molecule has 0 fully saturated rings. The molecule has 7 heteroatoms. The molecule has 2 aliphatic rings. The number of hydrogen-bond donors (Lipinski definition) is 2. The van der Waals surface area contributed by atoms with E-state index >= 15 is 0 Å². The van der Waals surface area contributed by atoms with Gasteiger partial charge in [0.05, 0.1) is 29.3 Å². The fraction of sp³-hybridized carbons (Fsp3) is 0.174. The Bertz CT molecular complexity index is 1060. The molecule has 0 radical (unpaired) electrons. The third-order valence-electron chi connectivity index (χ3n) is 5.38. The number of nitrogens with zero attached hydrogens (tertiary/aromatic N) is 2. The first-order valence-electron chi connectivity index (χ1n) is 9.63. The largest absolute Gasteiger partial charge is 0.355 e. The predicted octanol–water partition coefficient (Wildman–Crippen LogP) is 1.72. The summed E-state index contributed by atoms with van der Waals surface area (Å²) in [6.45, 7) is 0.378. The van der Waals surface area contributed by atoms with Crippen LogP contribution in [-0.4, -0.2) is 43.8 Å². The number of carbonyl (C=O) groups is 3. The number of rotatable bonds is 5. The molecule has 2 aliphatic heterocycles. The third-order valence-corrected chi connectivity index (χ3v) is 5.38. The van der Waals surface area contributed by atoms with Gasteiger partial charge in [0.15, 0.2) is 0 Å². The lowest BCUT2D eigenvalue weighted by Gasteiger charge is -2.33. The summed E-state index contributed by atoms with van der Waals surface area (Å²) in [5, 5.41) is 5.90. The monoisotopic (exact) mass is 402 g/mol. The average Bonchev–Trinajstić information content (AvgIpc) is 3.07.